The van der Waals surface area contributed by atoms with Crippen LogP contribution in [0.3, 0.4) is 0 Å². The van der Waals surface area contributed by atoms with Gasteiger partial charge in [0.15, 0.2) is 0 Å². The van der Waals surface area contributed by atoms with Crippen LogP contribution < -0.4 is 4.74 Å². The lowest BCUT2D eigenvalue weighted by Gasteiger charge is -2.32. The molecule has 1 aliphatic rings. The Bertz CT molecular complexity index is 610. The van der Waals surface area contributed by atoms with Crippen molar-refractivity contribution in [1.29, 1.82) is 0 Å². The number of ether oxygens (including phenoxy) is 1. The lowest BCUT2D eigenvalue weighted by atomic mass is 9.98. The largest absolute Gasteiger partial charge is 0.493 e. The van der Waals surface area contributed by atoms with E-state index in [4.69, 9.17) is 4.74 Å². The molecule has 1 fully saturated rings. The van der Waals surface area contributed by atoms with Gasteiger partial charge >= 0.3 is 0 Å². The fourth-order valence-electron chi connectivity index (χ4n) is 2.77. The van der Waals surface area contributed by atoms with Gasteiger partial charge in [0.25, 0.3) is 5.91 Å². The van der Waals surface area contributed by atoms with Crippen LogP contribution >= 0.6 is 0 Å². The van der Waals surface area contributed by atoms with Crippen molar-refractivity contribution in [3.8, 4) is 5.75 Å². The molecule has 3 rings (SSSR count). The summed E-state index contributed by atoms with van der Waals surface area (Å²) in [6.07, 6.45) is 5.50. The third-order valence-electron chi connectivity index (χ3n) is 3.95. The van der Waals surface area contributed by atoms with Gasteiger partial charge in [-0.05, 0) is 43.2 Å². The van der Waals surface area contributed by atoms with Crippen LogP contribution in [-0.4, -0.2) is 35.5 Å². The number of likely N-dealkylation sites (tertiary alicyclic amines) is 1. The number of carbonyl (C=O) groups is 1. The van der Waals surface area contributed by atoms with Crippen molar-refractivity contribution < 1.29 is 13.9 Å². The Morgan fingerprint density at radius 2 is 2.14 bits per heavy atom. The van der Waals surface area contributed by atoms with Crippen LogP contribution in [0.1, 0.15) is 23.2 Å². The molecule has 1 saturated heterocycles. The molecule has 1 unspecified atom stereocenters. The van der Waals surface area contributed by atoms with Crippen molar-refractivity contribution in [2.24, 2.45) is 5.92 Å². The highest BCUT2D eigenvalue weighted by molar-refractivity contribution is 5.94. The van der Waals surface area contributed by atoms with Gasteiger partial charge in [-0.15, -0.1) is 0 Å². The highest BCUT2D eigenvalue weighted by Crippen LogP contribution is 2.20. The molecule has 1 N–H and O–H groups in total. The van der Waals surface area contributed by atoms with Crippen LogP contribution in [0.2, 0.25) is 0 Å². The number of rotatable bonds is 4. The first-order valence-corrected chi connectivity index (χ1v) is 7.53. The van der Waals surface area contributed by atoms with Crippen LogP contribution in [-0.2, 0) is 0 Å². The number of aromatic nitrogens is 1. The summed E-state index contributed by atoms with van der Waals surface area (Å²) in [4.78, 5) is 17.1. The maximum atomic E-state index is 12.9. The normalized spacial score (nSPS) is 18.2. The minimum Gasteiger partial charge on any atom is -0.493 e. The molecule has 0 spiro atoms. The first kappa shape index (κ1) is 14.6. The first-order valence-electron chi connectivity index (χ1n) is 7.53. The van der Waals surface area contributed by atoms with Crippen LogP contribution in [0.15, 0.2) is 42.7 Å². The molecular formula is C17H19FN2O2. The van der Waals surface area contributed by atoms with E-state index in [0.717, 1.165) is 19.4 Å². The van der Waals surface area contributed by atoms with Gasteiger partial charge in [0.05, 0.1) is 12.2 Å². The summed E-state index contributed by atoms with van der Waals surface area (Å²) in [5, 5.41) is 0. The SMILES string of the molecule is O=C(c1cc[nH]c1)N1CCCC(COc2ccc(F)cc2)C1. The van der Waals surface area contributed by atoms with Crippen LogP contribution in [0.4, 0.5) is 4.39 Å². The van der Waals surface area contributed by atoms with Gasteiger partial charge in [0, 0.05) is 31.4 Å². The minimum atomic E-state index is -0.270. The van der Waals surface area contributed by atoms with Crippen LogP contribution in [0.25, 0.3) is 0 Å². The van der Waals surface area contributed by atoms with Gasteiger partial charge in [0.2, 0.25) is 0 Å². The number of aromatic amines is 1. The van der Waals surface area contributed by atoms with E-state index in [0.29, 0.717) is 30.4 Å². The summed E-state index contributed by atoms with van der Waals surface area (Å²) in [6, 6.07) is 7.82. The summed E-state index contributed by atoms with van der Waals surface area (Å²) in [7, 11) is 0. The molecule has 4 nitrogen and oxygen atoms in total. The minimum absolute atomic E-state index is 0.0627. The predicted molar refractivity (Wildman–Crippen MR) is 81.3 cm³/mol. The molecule has 5 heteroatoms. The quantitative estimate of drug-likeness (QED) is 0.943. The second kappa shape index (κ2) is 6.64. The van der Waals surface area contributed by atoms with Gasteiger partial charge in [0.1, 0.15) is 11.6 Å². The van der Waals surface area contributed by atoms with Crippen molar-refractivity contribution in [1.82, 2.24) is 9.88 Å². The van der Waals surface area contributed by atoms with Gasteiger partial charge in [-0.3, -0.25) is 4.79 Å². The topological polar surface area (TPSA) is 45.3 Å². The molecule has 0 aliphatic carbocycles. The van der Waals surface area contributed by atoms with Crippen LogP contribution in [0, 0.1) is 11.7 Å². The number of nitrogens with one attached hydrogen (secondary N) is 1. The molecule has 2 aromatic rings. The Morgan fingerprint density at radius 3 is 2.86 bits per heavy atom. The average Bonchev–Trinajstić information content (AvgIpc) is 3.08. The Labute approximate surface area is 128 Å². The molecule has 116 valence electrons. The van der Waals surface area contributed by atoms with Crippen molar-refractivity contribution in [3.63, 3.8) is 0 Å². The summed E-state index contributed by atoms with van der Waals surface area (Å²) in [5.41, 5.74) is 0.695. The maximum Gasteiger partial charge on any atom is 0.255 e. The van der Waals surface area contributed by atoms with Crippen molar-refractivity contribution >= 4 is 5.91 Å². The molecule has 0 radical (unpaired) electrons. The molecule has 22 heavy (non-hydrogen) atoms. The van der Waals surface area contributed by atoms with E-state index in [2.05, 4.69) is 4.98 Å². The molecule has 1 aromatic carbocycles. The van der Waals surface area contributed by atoms with Gasteiger partial charge < -0.3 is 14.6 Å². The molecular weight excluding hydrogens is 283 g/mol. The Hall–Kier alpha value is -2.30. The molecule has 1 aromatic heterocycles. The summed E-state index contributed by atoms with van der Waals surface area (Å²) in [6.45, 7) is 2.03. The lowest BCUT2D eigenvalue weighted by Crippen LogP contribution is -2.41. The number of hydrogen-bond acceptors (Lipinski definition) is 2. The first-order chi connectivity index (χ1) is 10.7. The predicted octanol–water partition coefficient (Wildman–Crippen LogP) is 3.09. The number of halogens is 1. The number of piperidine rings is 1. The molecule has 1 aliphatic heterocycles. The van der Waals surface area contributed by atoms with E-state index in [1.807, 2.05) is 4.90 Å². The van der Waals surface area contributed by atoms with Crippen molar-refractivity contribution in [3.05, 3.63) is 54.1 Å². The highest BCUT2D eigenvalue weighted by Gasteiger charge is 2.25. The monoisotopic (exact) mass is 302 g/mol. The second-order valence-electron chi connectivity index (χ2n) is 5.62. The van der Waals surface area contributed by atoms with E-state index in [1.54, 1.807) is 30.6 Å². The Kier molecular flexibility index (Phi) is 4.42. The van der Waals surface area contributed by atoms with E-state index < -0.39 is 0 Å². The number of benzene rings is 1. The number of hydrogen-bond donors (Lipinski definition) is 1. The summed E-state index contributed by atoms with van der Waals surface area (Å²) < 4.78 is 18.6. The fraction of sp³-hybridized carbons (Fsp3) is 0.353. The molecule has 1 amide bonds. The van der Waals surface area contributed by atoms with E-state index in [1.165, 1.54) is 12.1 Å². The molecule has 0 bridgehead atoms. The van der Waals surface area contributed by atoms with Crippen LogP contribution in [0.5, 0.6) is 5.75 Å². The second-order valence-corrected chi connectivity index (χ2v) is 5.62. The van der Waals surface area contributed by atoms with E-state index in [9.17, 15) is 9.18 Å². The third kappa shape index (κ3) is 3.47. The number of amides is 1. The van der Waals surface area contributed by atoms with Crippen molar-refractivity contribution in [2.75, 3.05) is 19.7 Å². The Balaban J connectivity index is 1.54. The molecule has 0 saturated carbocycles. The van der Waals surface area contributed by atoms with Gasteiger partial charge in [-0.2, -0.15) is 0 Å². The third-order valence-corrected chi connectivity index (χ3v) is 3.95. The van der Waals surface area contributed by atoms with Crippen molar-refractivity contribution in [2.45, 2.75) is 12.8 Å². The maximum absolute atomic E-state index is 12.9. The molecule has 1 atom stereocenters. The number of nitrogens with zero attached hydrogens (tertiary/aromatic N) is 1. The zero-order valence-corrected chi connectivity index (χ0v) is 12.3. The number of carbonyl (C=O) groups excluding carboxylic acids is 1. The van der Waals surface area contributed by atoms with E-state index in [-0.39, 0.29) is 11.7 Å². The smallest absolute Gasteiger partial charge is 0.255 e. The standard InChI is InChI=1S/C17H19FN2O2/c18-15-3-5-16(6-4-15)22-12-13-2-1-9-20(11-13)17(21)14-7-8-19-10-14/h3-8,10,13,19H,1-2,9,11-12H2. The fourth-order valence-corrected chi connectivity index (χ4v) is 2.77. The summed E-state index contributed by atoms with van der Waals surface area (Å²) >= 11 is 0. The van der Waals surface area contributed by atoms with Gasteiger partial charge in [-0.1, -0.05) is 0 Å². The average molecular weight is 302 g/mol. The summed E-state index contributed by atoms with van der Waals surface area (Å²) in [5.74, 6) is 0.762. The highest BCUT2D eigenvalue weighted by atomic mass is 19.1. The number of H-pyrrole nitrogens is 1. The lowest BCUT2D eigenvalue weighted by molar-refractivity contribution is 0.0633. The zero-order valence-electron chi connectivity index (χ0n) is 12.3. The Morgan fingerprint density at radius 1 is 1.32 bits per heavy atom. The zero-order chi connectivity index (χ0) is 15.4. The van der Waals surface area contributed by atoms with E-state index >= 15 is 0 Å². The molecule has 2 heterocycles. The van der Waals surface area contributed by atoms with Gasteiger partial charge in [-0.25, -0.2) is 4.39 Å².